The molecule has 0 N–H and O–H groups in total. The summed E-state index contributed by atoms with van der Waals surface area (Å²) >= 11 is 1.41. The van der Waals surface area contributed by atoms with Crippen LogP contribution < -0.4 is 0 Å². The molecule has 0 spiro atoms. The number of hydrogen-bond acceptors (Lipinski definition) is 0. The van der Waals surface area contributed by atoms with Crippen LogP contribution >= 0.6 is 12.4 Å². The van der Waals surface area contributed by atoms with Gasteiger partial charge in [0.2, 0.25) is 0 Å². The Morgan fingerprint density at radius 2 is 2.17 bits per heavy atom. The van der Waals surface area contributed by atoms with Crippen molar-refractivity contribution in [1.82, 2.24) is 0 Å². The number of allylic oxidation sites excluding steroid dienone is 1. The van der Waals surface area contributed by atoms with Crippen LogP contribution in [0, 0.1) is 0 Å². The van der Waals surface area contributed by atoms with E-state index in [1.807, 2.05) is 6.08 Å². The summed E-state index contributed by atoms with van der Waals surface area (Å²) in [5.41, 5.74) is 0. The second-order valence-electron chi connectivity index (χ2n) is 0.931. The number of halogens is 1. The molecule has 0 radical (unpaired) electrons. The Balaban J connectivity index is 0. The average Bonchev–Trinajstić information content (AvgIpc) is 1.41. The second kappa shape index (κ2) is 9.17. The van der Waals surface area contributed by atoms with E-state index < -0.39 is 0 Å². The van der Waals surface area contributed by atoms with E-state index >= 15 is 0 Å². The minimum atomic E-state index is 0. The molecule has 0 bridgehead atoms. The van der Waals surface area contributed by atoms with Gasteiger partial charge in [0, 0.05) is 0 Å². The first-order valence-electron chi connectivity index (χ1n) is 1.82. The van der Waals surface area contributed by atoms with Gasteiger partial charge < -0.3 is 0 Å². The normalized spacial score (nSPS) is 6.33. The van der Waals surface area contributed by atoms with Crippen LogP contribution in [0.5, 0.6) is 0 Å². The van der Waals surface area contributed by atoms with Gasteiger partial charge in [-0.1, -0.05) is 0 Å². The van der Waals surface area contributed by atoms with E-state index in [0.717, 1.165) is 0 Å². The van der Waals surface area contributed by atoms with Crippen LogP contribution in [0.15, 0.2) is 12.7 Å². The quantitative estimate of drug-likeness (QED) is 0.424. The summed E-state index contributed by atoms with van der Waals surface area (Å²) in [5.74, 6) is 0. The maximum atomic E-state index is 3.57. The van der Waals surface area contributed by atoms with Crippen molar-refractivity contribution < 1.29 is 18.3 Å². The summed E-state index contributed by atoms with van der Waals surface area (Å²) in [6, 6.07) is 0. The van der Waals surface area contributed by atoms with Crippen molar-refractivity contribution in [3.8, 4) is 0 Å². The fourth-order valence-corrected chi connectivity index (χ4v) is 0.750. The predicted octanol–water partition coefficient (Wildman–Crippen LogP) is 1.95. The standard InChI is InChI=1S/C4H7.ClH.Zn/c1-3-4-2;;/h3H,1-2,4H2;1H;. The first kappa shape index (κ1) is 9.82. The molecule has 0 amide bonds. The maximum absolute atomic E-state index is 3.57. The molecule has 6 heavy (non-hydrogen) atoms. The summed E-state index contributed by atoms with van der Waals surface area (Å²) in [6.45, 7) is 3.57. The summed E-state index contributed by atoms with van der Waals surface area (Å²) < 4.78 is 0. The van der Waals surface area contributed by atoms with Crippen LogP contribution in [0.1, 0.15) is 6.42 Å². The third-order valence-corrected chi connectivity index (χ3v) is 1.26. The molecule has 0 aliphatic heterocycles. The molecular weight excluding hydrogens is 149 g/mol. The molecule has 0 atom stereocenters. The van der Waals surface area contributed by atoms with Crippen LogP contribution in [-0.2, 0) is 18.3 Å². The van der Waals surface area contributed by atoms with Crippen LogP contribution in [0.25, 0.3) is 0 Å². The van der Waals surface area contributed by atoms with E-state index in [1.165, 1.54) is 29.7 Å². The molecule has 0 aliphatic rings. The molecule has 0 aromatic carbocycles. The van der Waals surface area contributed by atoms with Crippen molar-refractivity contribution >= 4 is 12.4 Å². The molecule has 0 rings (SSSR count). The van der Waals surface area contributed by atoms with Gasteiger partial charge in [0.15, 0.2) is 0 Å². The van der Waals surface area contributed by atoms with Gasteiger partial charge in [-0.25, -0.2) is 0 Å². The molecule has 33 valence electrons. The second-order valence-corrected chi connectivity index (χ2v) is 2.41. The molecule has 0 nitrogen and oxygen atoms in total. The molecule has 0 saturated carbocycles. The Hall–Kier alpha value is 0.653. The van der Waals surface area contributed by atoms with Gasteiger partial charge in [-0.2, -0.15) is 0 Å². The van der Waals surface area contributed by atoms with E-state index in [-0.39, 0.29) is 12.4 Å². The molecule has 0 aliphatic carbocycles. The van der Waals surface area contributed by atoms with Crippen molar-refractivity contribution in [2.75, 3.05) is 0 Å². The van der Waals surface area contributed by atoms with E-state index in [1.54, 1.807) is 0 Å². The van der Waals surface area contributed by atoms with E-state index in [2.05, 4.69) is 6.58 Å². The van der Waals surface area contributed by atoms with Crippen LogP contribution in [0.3, 0.4) is 0 Å². The minimum absolute atomic E-state index is 0. The van der Waals surface area contributed by atoms with Crippen molar-refractivity contribution in [3.05, 3.63) is 12.7 Å². The summed E-state index contributed by atoms with van der Waals surface area (Å²) in [4.78, 5) is 0. The number of hydrogen-bond donors (Lipinski definition) is 0. The Morgan fingerprint density at radius 1 is 1.67 bits per heavy atom. The van der Waals surface area contributed by atoms with Gasteiger partial charge in [-0.05, 0) is 0 Å². The van der Waals surface area contributed by atoms with E-state index in [9.17, 15) is 0 Å². The van der Waals surface area contributed by atoms with Gasteiger partial charge in [-0.3, -0.25) is 0 Å². The zero-order valence-electron chi connectivity index (χ0n) is 3.81. The summed E-state index contributed by atoms with van der Waals surface area (Å²) in [6.07, 6.45) is 3.17. The Bertz CT molecular complexity index is 28.7. The van der Waals surface area contributed by atoms with Crippen molar-refractivity contribution in [2.24, 2.45) is 0 Å². The summed E-state index contributed by atoms with van der Waals surface area (Å²) in [5, 5.41) is 1.35. The van der Waals surface area contributed by atoms with Gasteiger partial charge in [0.25, 0.3) is 0 Å². The largest absolute Gasteiger partial charge is 0.147 e. The van der Waals surface area contributed by atoms with Crippen molar-refractivity contribution in [1.29, 1.82) is 0 Å². The molecule has 0 unspecified atom stereocenters. The molecule has 0 aromatic heterocycles. The fourth-order valence-electron chi connectivity index (χ4n) is 0.144. The Kier molecular flexibility index (Phi) is 15.0. The smallest absolute Gasteiger partial charge is 0.147 e. The first-order valence-corrected chi connectivity index (χ1v) is 3.91. The molecule has 0 aromatic rings. The van der Waals surface area contributed by atoms with Gasteiger partial charge in [0.05, 0.1) is 0 Å². The van der Waals surface area contributed by atoms with Crippen molar-refractivity contribution in [3.63, 3.8) is 0 Å². The Morgan fingerprint density at radius 3 is 2.17 bits per heavy atom. The third kappa shape index (κ3) is 8.82. The molecular formula is C4H8ClZn. The fraction of sp³-hybridized carbons (Fsp3) is 0.500. The molecule has 2 heteroatoms. The molecule has 0 saturated heterocycles. The Labute approximate surface area is 55.1 Å². The zero-order valence-corrected chi connectivity index (χ0v) is 7.60. The first-order chi connectivity index (χ1) is 2.41. The van der Waals surface area contributed by atoms with Gasteiger partial charge in [-0.15, -0.1) is 12.4 Å². The predicted molar refractivity (Wildman–Crippen MR) is 26.9 cm³/mol. The van der Waals surface area contributed by atoms with Crippen molar-refractivity contribution in [2.45, 2.75) is 11.4 Å². The average molecular weight is 157 g/mol. The summed E-state index contributed by atoms with van der Waals surface area (Å²) in [7, 11) is 0. The maximum Gasteiger partial charge on any atom is -0.147 e. The molecule has 0 heterocycles. The van der Waals surface area contributed by atoms with Crippen LogP contribution in [0.4, 0.5) is 0 Å². The topological polar surface area (TPSA) is 0 Å². The minimum Gasteiger partial charge on any atom is -0.147 e. The van der Waals surface area contributed by atoms with Gasteiger partial charge >= 0.3 is 42.4 Å². The zero-order chi connectivity index (χ0) is 4.12. The molecule has 0 fully saturated rings. The monoisotopic (exact) mass is 155 g/mol. The van der Waals surface area contributed by atoms with Crippen LogP contribution in [-0.4, -0.2) is 0 Å². The van der Waals surface area contributed by atoms with Gasteiger partial charge in [0.1, 0.15) is 0 Å². The van der Waals surface area contributed by atoms with E-state index in [4.69, 9.17) is 0 Å². The van der Waals surface area contributed by atoms with Crippen LogP contribution in [0.2, 0.25) is 5.02 Å². The van der Waals surface area contributed by atoms with E-state index in [0.29, 0.717) is 0 Å². The third-order valence-electron chi connectivity index (χ3n) is 0.408. The SMILES string of the molecule is C=CC[CH2][Zn].Cl. The number of rotatable bonds is 2.